The number of anilines is 1. The van der Waals surface area contributed by atoms with Gasteiger partial charge in [0.1, 0.15) is 0 Å². The summed E-state index contributed by atoms with van der Waals surface area (Å²) in [4.78, 5) is 2.03. The Balaban J connectivity index is 2.07. The van der Waals surface area contributed by atoms with Crippen LogP contribution >= 0.6 is 0 Å². The SMILES string of the molecule is CC=C1CN(c2ccc(C(F)(F)F)c3ccoc23)CCN1. The first-order valence-corrected chi connectivity index (χ1v) is 6.72. The van der Waals surface area contributed by atoms with Crippen molar-refractivity contribution < 1.29 is 17.6 Å². The highest BCUT2D eigenvalue weighted by Gasteiger charge is 2.34. The Bertz CT molecular complexity index is 688. The Labute approximate surface area is 120 Å². The van der Waals surface area contributed by atoms with Crippen LogP contribution in [0.1, 0.15) is 12.5 Å². The van der Waals surface area contributed by atoms with Gasteiger partial charge in [-0.3, -0.25) is 0 Å². The molecule has 0 radical (unpaired) electrons. The van der Waals surface area contributed by atoms with Gasteiger partial charge in [-0.25, -0.2) is 0 Å². The summed E-state index contributed by atoms with van der Waals surface area (Å²) in [6.07, 6.45) is -1.10. The fourth-order valence-electron chi connectivity index (χ4n) is 2.63. The first kappa shape index (κ1) is 13.9. The average Bonchev–Trinajstić information content (AvgIpc) is 2.94. The number of allylic oxidation sites excluding steroid dienone is 1. The van der Waals surface area contributed by atoms with Gasteiger partial charge >= 0.3 is 6.18 Å². The van der Waals surface area contributed by atoms with Crippen molar-refractivity contribution in [1.82, 2.24) is 5.32 Å². The third-order valence-corrected chi connectivity index (χ3v) is 3.69. The molecule has 0 saturated carbocycles. The predicted octanol–water partition coefficient (Wildman–Crippen LogP) is 3.77. The van der Waals surface area contributed by atoms with Gasteiger partial charge in [0.2, 0.25) is 0 Å². The fraction of sp³-hybridized carbons (Fsp3) is 0.333. The van der Waals surface area contributed by atoms with Crippen molar-refractivity contribution in [1.29, 1.82) is 0 Å². The zero-order valence-corrected chi connectivity index (χ0v) is 11.5. The summed E-state index contributed by atoms with van der Waals surface area (Å²) in [5.74, 6) is 0. The Morgan fingerprint density at radius 3 is 2.81 bits per heavy atom. The van der Waals surface area contributed by atoms with Crippen LogP contribution in [0.3, 0.4) is 0 Å². The van der Waals surface area contributed by atoms with E-state index in [4.69, 9.17) is 4.42 Å². The Morgan fingerprint density at radius 2 is 2.10 bits per heavy atom. The number of nitrogens with zero attached hydrogens (tertiary/aromatic N) is 1. The number of fused-ring (bicyclic) bond motifs is 1. The first-order chi connectivity index (χ1) is 10.0. The van der Waals surface area contributed by atoms with E-state index in [1.54, 1.807) is 0 Å². The maximum absolute atomic E-state index is 13.0. The van der Waals surface area contributed by atoms with Crippen LogP contribution in [0.15, 0.2) is 40.7 Å². The minimum Gasteiger partial charge on any atom is -0.462 e. The number of furan rings is 1. The molecule has 21 heavy (non-hydrogen) atoms. The van der Waals surface area contributed by atoms with E-state index in [1.165, 1.54) is 18.4 Å². The minimum atomic E-state index is -4.38. The van der Waals surface area contributed by atoms with Crippen molar-refractivity contribution in [2.75, 3.05) is 24.5 Å². The van der Waals surface area contributed by atoms with Gasteiger partial charge < -0.3 is 14.6 Å². The average molecular weight is 296 g/mol. The lowest BCUT2D eigenvalue weighted by Gasteiger charge is -2.31. The second-order valence-corrected chi connectivity index (χ2v) is 4.96. The van der Waals surface area contributed by atoms with Crippen molar-refractivity contribution in [2.45, 2.75) is 13.1 Å². The third kappa shape index (κ3) is 2.46. The summed E-state index contributed by atoms with van der Waals surface area (Å²) in [5, 5.41) is 3.37. The second kappa shape index (κ2) is 5.02. The van der Waals surface area contributed by atoms with Crippen LogP contribution < -0.4 is 10.2 Å². The number of hydrogen-bond acceptors (Lipinski definition) is 3. The first-order valence-electron chi connectivity index (χ1n) is 6.72. The van der Waals surface area contributed by atoms with Crippen LogP contribution in [-0.2, 0) is 6.18 Å². The number of rotatable bonds is 1. The third-order valence-electron chi connectivity index (χ3n) is 3.69. The number of hydrogen-bond donors (Lipinski definition) is 1. The van der Waals surface area contributed by atoms with Crippen LogP contribution in [0, 0.1) is 0 Å². The molecule has 1 aliphatic heterocycles. The fourth-order valence-corrected chi connectivity index (χ4v) is 2.63. The molecule has 0 spiro atoms. The number of alkyl halides is 3. The molecule has 0 aliphatic carbocycles. The molecule has 1 aliphatic rings. The molecule has 1 aromatic carbocycles. The van der Waals surface area contributed by atoms with E-state index in [0.29, 0.717) is 17.8 Å². The Kier molecular flexibility index (Phi) is 3.31. The molecule has 0 atom stereocenters. The molecule has 1 N–H and O–H groups in total. The highest BCUT2D eigenvalue weighted by Crippen LogP contribution is 2.39. The second-order valence-electron chi connectivity index (χ2n) is 4.96. The molecular weight excluding hydrogens is 281 g/mol. The van der Waals surface area contributed by atoms with Crippen molar-refractivity contribution >= 4 is 16.7 Å². The minimum absolute atomic E-state index is 0.112. The van der Waals surface area contributed by atoms with Crippen molar-refractivity contribution in [3.63, 3.8) is 0 Å². The van der Waals surface area contributed by atoms with Crippen molar-refractivity contribution in [2.24, 2.45) is 0 Å². The molecule has 1 saturated heterocycles. The maximum Gasteiger partial charge on any atom is 0.417 e. The van der Waals surface area contributed by atoms with E-state index in [1.807, 2.05) is 17.9 Å². The summed E-state index contributed by atoms with van der Waals surface area (Å²) >= 11 is 0. The molecule has 2 heterocycles. The lowest BCUT2D eigenvalue weighted by molar-refractivity contribution is -0.136. The van der Waals surface area contributed by atoms with E-state index in [-0.39, 0.29) is 5.39 Å². The predicted molar refractivity (Wildman–Crippen MR) is 75.2 cm³/mol. The molecule has 0 bridgehead atoms. The quantitative estimate of drug-likeness (QED) is 0.868. The van der Waals surface area contributed by atoms with Crippen LogP contribution in [0.4, 0.5) is 18.9 Å². The van der Waals surface area contributed by atoms with Gasteiger partial charge in [0.15, 0.2) is 5.58 Å². The van der Waals surface area contributed by atoms with Gasteiger partial charge in [0.25, 0.3) is 0 Å². The molecule has 0 unspecified atom stereocenters. The van der Waals surface area contributed by atoms with Crippen molar-refractivity contribution in [3.05, 3.63) is 41.8 Å². The molecule has 2 aromatic rings. The summed E-state index contributed by atoms with van der Waals surface area (Å²) in [6.45, 7) is 4.04. The molecule has 112 valence electrons. The number of nitrogens with one attached hydrogen (secondary N) is 1. The summed E-state index contributed by atoms with van der Waals surface area (Å²) in [6, 6.07) is 4.00. The van der Waals surface area contributed by atoms with Crippen molar-refractivity contribution in [3.8, 4) is 0 Å². The van der Waals surface area contributed by atoms with E-state index >= 15 is 0 Å². The number of piperazine rings is 1. The Hall–Kier alpha value is -2.11. The smallest absolute Gasteiger partial charge is 0.417 e. The molecule has 6 heteroatoms. The lowest BCUT2D eigenvalue weighted by Crippen LogP contribution is -2.42. The zero-order chi connectivity index (χ0) is 15.0. The Morgan fingerprint density at radius 1 is 1.29 bits per heavy atom. The van der Waals surface area contributed by atoms with Gasteiger partial charge in [-0.1, -0.05) is 6.08 Å². The normalized spacial score (nSPS) is 18.3. The largest absolute Gasteiger partial charge is 0.462 e. The summed E-state index contributed by atoms with van der Waals surface area (Å²) in [7, 11) is 0. The van der Waals surface area contributed by atoms with E-state index in [0.717, 1.165) is 24.9 Å². The van der Waals surface area contributed by atoms with Gasteiger partial charge in [-0.15, -0.1) is 0 Å². The van der Waals surface area contributed by atoms with Crippen LogP contribution in [0.2, 0.25) is 0 Å². The lowest BCUT2D eigenvalue weighted by atomic mass is 10.1. The van der Waals surface area contributed by atoms with E-state index in [2.05, 4.69) is 5.32 Å². The summed E-state index contributed by atoms with van der Waals surface area (Å²) < 4.78 is 44.4. The standard InChI is InChI=1S/C15H15F3N2O/c1-2-10-9-20(7-6-19-10)13-4-3-12(15(16,17)18)11-5-8-21-14(11)13/h2-5,8,19H,6-7,9H2,1H3. The van der Waals surface area contributed by atoms with Gasteiger partial charge in [0.05, 0.1) is 24.1 Å². The van der Waals surface area contributed by atoms with Gasteiger partial charge in [-0.2, -0.15) is 13.2 Å². The zero-order valence-electron chi connectivity index (χ0n) is 11.5. The van der Waals surface area contributed by atoms with E-state index in [9.17, 15) is 13.2 Å². The molecule has 1 fully saturated rings. The molecule has 0 amide bonds. The number of benzene rings is 1. The highest BCUT2D eigenvalue weighted by molar-refractivity contribution is 5.92. The highest BCUT2D eigenvalue weighted by atomic mass is 19.4. The monoisotopic (exact) mass is 296 g/mol. The topological polar surface area (TPSA) is 28.4 Å². The molecular formula is C15H15F3N2O. The molecule has 1 aromatic heterocycles. The van der Waals surface area contributed by atoms with Crippen LogP contribution in [0.25, 0.3) is 11.0 Å². The molecule has 3 rings (SSSR count). The van der Waals surface area contributed by atoms with Gasteiger partial charge in [-0.05, 0) is 25.1 Å². The number of halogens is 3. The maximum atomic E-state index is 13.0. The van der Waals surface area contributed by atoms with Gasteiger partial charge in [0, 0.05) is 24.2 Å². The molecule has 3 nitrogen and oxygen atoms in total. The van der Waals surface area contributed by atoms with Crippen LogP contribution in [0.5, 0.6) is 0 Å². The van der Waals surface area contributed by atoms with E-state index < -0.39 is 11.7 Å². The summed E-state index contributed by atoms with van der Waals surface area (Å²) in [5.41, 5.74) is 1.39. The van der Waals surface area contributed by atoms with Crippen LogP contribution in [-0.4, -0.2) is 19.6 Å².